The number of nitrogen functional groups attached to an aromatic ring is 1. The second kappa shape index (κ2) is 6.65. The van der Waals surface area contributed by atoms with Crippen molar-refractivity contribution >= 4 is 11.5 Å². The van der Waals surface area contributed by atoms with Gasteiger partial charge in [0, 0.05) is 18.2 Å². The number of nitrogens with two attached hydrogens (primary N) is 1. The zero-order valence-electron chi connectivity index (χ0n) is 12.2. The Morgan fingerprint density at radius 2 is 1.90 bits per heavy atom. The summed E-state index contributed by atoms with van der Waals surface area (Å²) in [5, 5.41) is 3.14. The molecule has 0 saturated heterocycles. The van der Waals surface area contributed by atoms with Crippen LogP contribution in [-0.4, -0.2) is 31.3 Å². The van der Waals surface area contributed by atoms with Crippen molar-refractivity contribution in [3.05, 3.63) is 30.1 Å². The Balaban J connectivity index is 2.16. The molecule has 21 heavy (non-hydrogen) atoms. The molecule has 0 amide bonds. The van der Waals surface area contributed by atoms with Gasteiger partial charge < -0.3 is 25.3 Å². The zero-order valence-corrected chi connectivity index (χ0v) is 12.2. The molecule has 1 heterocycles. The summed E-state index contributed by atoms with van der Waals surface area (Å²) in [6.45, 7) is 0.498. The number of hydrogen-bond donors (Lipinski definition) is 2. The van der Waals surface area contributed by atoms with E-state index in [-0.39, 0.29) is 0 Å². The highest BCUT2D eigenvalue weighted by molar-refractivity contribution is 5.66. The molecule has 0 saturated carbocycles. The summed E-state index contributed by atoms with van der Waals surface area (Å²) >= 11 is 0. The van der Waals surface area contributed by atoms with Gasteiger partial charge in [0.2, 0.25) is 5.88 Å². The van der Waals surface area contributed by atoms with Crippen LogP contribution in [0.25, 0.3) is 0 Å². The Morgan fingerprint density at radius 1 is 1.10 bits per heavy atom. The molecule has 0 spiro atoms. The predicted octanol–water partition coefficient (Wildman–Crippen LogP) is 1.70. The fourth-order valence-electron chi connectivity index (χ4n) is 1.86. The molecule has 2 aromatic rings. The van der Waals surface area contributed by atoms with E-state index >= 15 is 0 Å². The van der Waals surface area contributed by atoms with Gasteiger partial charge in [0.05, 0.1) is 21.3 Å². The first-order valence-corrected chi connectivity index (χ1v) is 6.28. The van der Waals surface area contributed by atoms with Crippen molar-refractivity contribution in [3.8, 4) is 17.4 Å². The predicted molar refractivity (Wildman–Crippen MR) is 79.9 cm³/mol. The van der Waals surface area contributed by atoms with Gasteiger partial charge in [-0.25, -0.2) is 4.98 Å². The molecular formula is C14H18N4O3. The molecular weight excluding hydrogens is 272 g/mol. The minimum absolute atomic E-state index is 0.342. The minimum atomic E-state index is 0.342. The Bertz CT molecular complexity index is 619. The Hall–Kier alpha value is -2.70. The van der Waals surface area contributed by atoms with Crippen LogP contribution in [0.4, 0.5) is 11.5 Å². The van der Waals surface area contributed by atoms with Crippen molar-refractivity contribution in [2.75, 3.05) is 32.4 Å². The van der Waals surface area contributed by atoms with E-state index in [2.05, 4.69) is 15.3 Å². The minimum Gasteiger partial charge on any atom is -0.497 e. The van der Waals surface area contributed by atoms with Crippen molar-refractivity contribution in [2.45, 2.75) is 6.54 Å². The van der Waals surface area contributed by atoms with Gasteiger partial charge in [-0.2, -0.15) is 4.98 Å². The van der Waals surface area contributed by atoms with E-state index in [1.54, 1.807) is 14.2 Å². The number of methoxy groups -OCH3 is 3. The topological polar surface area (TPSA) is 91.5 Å². The van der Waals surface area contributed by atoms with Crippen molar-refractivity contribution in [2.24, 2.45) is 0 Å². The van der Waals surface area contributed by atoms with Gasteiger partial charge in [0.1, 0.15) is 23.5 Å². The van der Waals surface area contributed by atoms with Gasteiger partial charge in [-0.1, -0.05) is 0 Å². The van der Waals surface area contributed by atoms with E-state index in [0.717, 1.165) is 17.1 Å². The maximum absolute atomic E-state index is 5.91. The van der Waals surface area contributed by atoms with Crippen LogP contribution in [0.3, 0.4) is 0 Å². The lowest BCUT2D eigenvalue weighted by atomic mass is 10.2. The molecule has 0 aliphatic rings. The quantitative estimate of drug-likeness (QED) is 0.836. The molecule has 2 rings (SSSR count). The first kappa shape index (κ1) is 14.7. The average molecular weight is 290 g/mol. The van der Waals surface area contributed by atoms with Crippen LogP contribution in [0.2, 0.25) is 0 Å². The van der Waals surface area contributed by atoms with Crippen LogP contribution in [0.15, 0.2) is 24.5 Å². The van der Waals surface area contributed by atoms with Crippen LogP contribution in [0.1, 0.15) is 5.56 Å². The smallest absolute Gasteiger partial charge is 0.242 e. The second-order valence-corrected chi connectivity index (χ2v) is 4.18. The van der Waals surface area contributed by atoms with Gasteiger partial charge in [-0.15, -0.1) is 0 Å². The van der Waals surface area contributed by atoms with E-state index < -0.39 is 0 Å². The van der Waals surface area contributed by atoms with Gasteiger partial charge in [-0.3, -0.25) is 0 Å². The Kier molecular flexibility index (Phi) is 4.65. The summed E-state index contributed by atoms with van der Waals surface area (Å²) in [7, 11) is 4.73. The normalized spacial score (nSPS) is 10.0. The summed E-state index contributed by atoms with van der Waals surface area (Å²) in [6, 6.07) is 5.60. The summed E-state index contributed by atoms with van der Waals surface area (Å²) < 4.78 is 15.6. The summed E-state index contributed by atoms with van der Waals surface area (Å²) in [4.78, 5) is 8.03. The summed E-state index contributed by atoms with van der Waals surface area (Å²) in [5.41, 5.74) is 7.23. The van der Waals surface area contributed by atoms with Gasteiger partial charge >= 0.3 is 0 Å². The maximum atomic E-state index is 5.91. The number of benzene rings is 1. The molecule has 0 aliphatic carbocycles. The van der Waals surface area contributed by atoms with E-state index in [1.807, 2.05) is 18.2 Å². The number of ether oxygens (including phenoxy) is 3. The number of nitrogens with one attached hydrogen (secondary N) is 1. The van der Waals surface area contributed by atoms with Crippen molar-refractivity contribution in [3.63, 3.8) is 0 Å². The Morgan fingerprint density at radius 3 is 2.57 bits per heavy atom. The van der Waals surface area contributed by atoms with Crippen LogP contribution >= 0.6 is 0 Å². The molecule has 0 unspecified atom stereocenters. The molecule has 0 fully saturated rings. The number of hydrogen-bond acceptors (Lipinski definition) is 7. The SMILES string of the molecule is COc1ccc(CNc2ncnc(OC)c2N)c(OC)c1. The lowest BCUT2D eigenvalue weighted by Crippen LogP contribution is -2.07. The van der Waals surface area contributed by atoms with E-state index in [0.29, 0.717) is 23.9 Å². The molecule has 7 nitrogen and oxygen atoms in total. The van der Waals surface area contributed by atoms with Gasteiger partial charge in [0.15, 0.2) is 5.82 Å². The number of anilines is 2. The molecule has 0 radical (unpaired) electrons. The lowest BCUT2D eigenvalue weighted by Gasteiger charge is -2.13. The summed E-state index contributed by atoms with van der Waals surface area (Å²) in [6.07, 6.45) is 1.39. The number of rotatable bonds is 6. The third kappa shape index (κ3) is 3.25. The van der Waals surface area contributed by atoms with E-state index in [1.165, 1.54) is 13.4 Å². The van der Waals surface area contributed by atoms with Gasteiger partial charge in [-0.05, 0) is 12.1 Å². The van der Waals surface area contributed by atoms with Crippen LogP contribution in [0, 0.1) is 0 Å². The first-order valence-electron chi connectivity index (χ1n) is 6.28. The summed E-state index contributed by atoms with van der Waals surface area (Å²) in [5.74, 6) is 2.31. The molecule has 0 aliphatic heterocycles. The highest BCUT2D eigenvalue weighted by Gasteiger charge is 2.10. The molecule has 1 aromatic heterocycles. The standard InChI is InChI=1S/C14H18N4O3/c1-19-10-5-4-9(11(6-10)20-2)7-16-13-12(15)14(21-3)18-8-17-13/h4-6,8H,7,15H2,1-3H3,(H,16,17,18). The van der Waals surface area contributed by atoms with Crippen molar-refractivity contribution in [1.29, 1.82) is 0 Å². The van der Waals surface area contributed by atoms with Crippen LogP contribution in [-0.2, 0) is 6.54 Å². The third-order valence-electron chi connectivity index (χ3n) is 2.98. The average Bonchev–Trinajstić information content (AvgIpc) is 2.53. The third-order valence-corrected chi connectivity index (χ3v) is 2.98. The van der Waals surface area contributed by atoms with Crippen LogP contribution in [0.5, 0.6) is 17.4 Å². The molecule has 3 N–H and O–H groups in total. The zero-order chi connectivity index (χ0) is 15.2. The largest absolute Gasteiger partial charge is 0.497 e. The number of aromatic nitrogens is 2. The van der Waals surface area contributed by atoms with E-state index in [9.17, 15) is 0 Å². The first-order chi connectivity index (χ1) is 10.2. The molecule has 0 bridgehead atoms. The fourth-order valence-corrected chi connectivity index (χ4v) is 1.86. The highest BCUT2D eigenvalue weighted by Crippen LogP contribution is 2.27. The molecule has 0 atom stereocenters. The van der Waals surface area contributed by atoms with Gasteiger partial charge in [0.25, 0.3) is 0 Å². The fraction of sp³-hybridized carbons (Fsp3) is 0.286. The lowest BCUT2D eigenvalue weighted by molar-refractivity contribution is 0.391. The molecule has 7 heteroatoms. The highest BCUT2D eigenvalue weighted by atomic mass is 16.5. The monoisotopic (exact) mass is 290 g/mol. The van der Waals surface area contributed by atoms with Crippen LogP contribution < -0.4 is 25.3 Å². The number of nitrogens with zero attached hydrogens (tertiary/aromatic N) is 2. The second-order valence-electron chi connectivity index (χ2n) is 4.18. The van der Waals surface area contributed by atoms with E-state index in [4.69, 9.17) is 19.9 Å². The Labute approximate surface area is 123 Å². The van der Waals surface area contributed by atoms with Crippen molar-refractivity contribution < 1.29 is 14.2 Å². The van der Waals surface area contributed by atoms with Crippen molar-refractivity contribution in [1.82, 2.24) is 9.97 Å². The molecule has 112 valence electrons. The maximum Gasteiger partial charge on any atom is 0.242 e. The molecule has 1 aromatic carbocycles.